The number of pyridine rings is 1. The van der Waals surface area contributed by atoms with Crippen LogP contribution in [0, 0.1) is 5.92 Å². The Labute approximate surface area is 138 Å². The van der Waals surface area contributed by atoms with Gasteiger partial charge in [-0.3, -0.25) is 9.88 Å². The van der Waals surface area contributed by atoms with E-state index in [9.17, 15) is 18.3 Å². The molecule has 1 aliphatic heterocycles. The summed E-state index contributed by atoms with van der Waals surface area (Å²) in [6.07, 6.45) is -0.494. The average molecular weight is 336 g/mol. The first kappa shape index (κ1) is 16.9. The zero-order chi connectivity index (χ0) is 17.2. The van der Waals surface area contributed by atoms with Crippen LogP contribution in [-0.4, -0.2) is 34.2 Å². The number of rotatable bonds is 4. The first-order chi connectivity index (χ1) is 11.4. The highest BCUT2D eigenvalue weighted by Crippen LogP contribution is 2.29. The Balaban J connectivity index is 1.59. The molecule has 0 radical (unpaired) electrons. The molecule has 3 nitrogen and oxygen atoms in total. The number of halogens is 3. The Morgan fingerprint density at radius 1 is 1.00 bits per heavy atom. The van der Waals surface area contributed by atoms with E-state index < -0.39 is 17.8 Å². The molecule has 1 saturated heterocycles. The normalized spacial score (nSPS) is 22.0. The van der Waals surface area contributed by atoms with Gasteiger partial charge in [0.05, 0.1) is 11.7 Å². The number of aromatic nitrogens is 1. The molecule has 128 valence electrons. The Morgan fingerprint density at radius 3 is 2.29 bits per heavy atom. The third kappa shape index (κ3) is 4.13. The van der Waals surface area contributed by atoms with Crippen LogP contribution in [0.3, 0.4) is 0 Å². The monoisotopic (exact) mass is 336 g/mol. The summed E-state index contributed by atoms with van der Waals surface area (Å²) < 4.78 is 37.8. The maximum Gasteiger partial charge on any atom is 0.416 e. The molecule has 24 heavy (non-hydrogen) atoms. The molecule has 1 fully saturated rings. The molecule has 1 aromatic heterocycles. The minimum absolute atomic E-state index is 0.127. The first-order valence-electron chi connectivity index (χ1n) is 7.87. The lowest BCUT2D eigenvalue weighted by Gasteiger charge is -2.16. The Kier molecular flexibility index (Phi) is 4.87. The van der Waals surface area contributed by atoms with Crippen LogP contribution in [0.25, 0.3) is 0 Å². The highest BCUT2D eigenvalue weighted by Gasteiger charge is 2.32. The van der Waals surface area contributed by atoms with Gasteiger partial charge in [-0.2, -0.15) is 13.2 Å². The number of benzene rings is 1. The molecule has 2 atom stereocenters. The summed E-state index contributed by atoms with van der Waals surface area (Å²) in [6.45, 7) is 1.81. The zero-order valence-corrected chi connectivity index (χ0v) is 13.1. The van der Waals surface area contributed by atoms with Crippen LogP contribution in [0.1, 0.15) is 16.7 Å². The molecule has 1 N–H and O–H groups in total. The molecule has 2 aromatic rings. The van der Waals surface area contributed by atoms with Gasteiger partial charge in [0, 0.05) is 37.9 Å². The van der Waals surface area contributed by atoms with Gasteiger partial charge in [-0.25, -0.2) is 0 Å². The fourth-order valence-electron chi connectivity index (χ4n) is 3.15. The summed E-state index contributed by atoms with van der Waals surface area (Å²) in [6, 6.07) is 9.10. The van der Waals surface area contributed by atoms with Crippen LogP contribution in [0.4, 0.5) is 13.2 Å². The van der Waals surface area contributed by atoms with Crippen molar-refractivity contribution in [1.29, 1.82) is 0 Å². The van der Waals surface area contributed by atoms with E-state index in [1.807, 2.05) is 12.1 Å². The molecule has 0 aliphatic carbocycles. The van der Waals surface area contributed by atoms with Crippen molar-refractivity contribution < 1.29 is 18.3 Å². The van der Waals surface area contributed by atoms with Crippen molar-refractivity contribution in [3.63, 3.8) is 0 Å². The third-order valence-electron chi connectivity index (χ3n) is 4.42. The molecule has 0 amide bonds. The topological polar surface area (TPSA) is 36.4 Å². The number of alkyl halides is 3. The van der Waals surface area contributed by atoms with E-state index in [2.05, 4.69) is 9.88 Å². The molecular formula is C18H19F3N2O. The molecule has 2 heterocycles. The molecule has 6 heteroatoms. The minimum Gasteiger partial charge on any atom is -0.391 e. The van der Waals surface area contributed by atoms with E-state index in [4.69, 9.17) is 0 Å². The summed E-state index contributed by atoms with van der Waals surface area (Å²) in [7, 11) is 0. The van der Waals surface area contributed by atoms with Gasteiger partial charge in [-0.05, 0) is 41.8 Å². The number of aliphatic hydroxyl groups is 1. The van der Waals surface area contributed by atoms with Gasteiger partial charge in [0.25, 0.3) is 0 Å². The van der Waals surface area contributed by atoms with E-state index >= 15 is 0 Å². The average Bonchev–Trinajstić information content (AvgIpc) is 2.87. The second-order valence-corrected chi connectivity index (χ2v) is 6.28. The second kappa shape index (κ2) is 6.91. The van der Waals surface area contributed by atoms with Crippen molar-refractivity contribution in [3.05, 3.63) is 65.5 Å². The predicted molar refractivity (Wildman–Crippen MR) is 84.2 cm³/mol. The highest BCUT2D eigenvalue weighted by atomic mass is 19.4. The van der Waals surface area contributed by atoms with Crippen LogP contribution in [0.5, 0.6) is 0 Å². The lowest BCUT2D eigenvalue weighted by Crippen LogP contribution is -2.21. The molecule has 1 aromatic carbocycles. The maximum absolute atomic E-state index is 12.6. The maximum atomic E-state index is 12.6. The van der Waals surface area contributed by atoms with E-state index in [1.165, 1.54) is 12.1 Å². The highest BCUT2D eigenvalue weighted by molar-refractivity contribution is 5.24. The minimum atomic E-state index is -4.31. The van der Waals surface area contributed by atoms with Crippen molar-refractivity contribution in [2.75, 3.05) is 13.1 Å². The number of aliphatic hydroxyl groups excluding tert-OH is 1. The van der Waals surface area contributed by atoms with Crippen molar-refractivity contribution in [3.8, 4) is 0 Å². The molecule has 3 rings (SSSR count). The van der Waals surface area contributed by atoms with Crippen molar-refractivity contribution in [1.82, 2.24) is 9.88 Å². The fraction of sp³-hybridized carbons (Fsp3) is 0.389. The van der Waals surface area contributed by atoms with Crippen LogP contribution >= 0.6 is 0 Å². The van der Waals surface area contributed by atoms with E-state index in [1.54, 1.807) is 12.4 Å². The van der Waals surface area contributed by atoms with Crippen molar-refractivity contribution in [2.45, 2.75) is 25.2 Å². The summed E-state index contributed by atoms with van der Waals surface area (Å²) in [5.41, 5.74) is 1.31. The summed E-state index contributed by atoms with van der Waals surface area (Å²) in [5, 5.41) is 10.2. The van der Waals surface area contributed by atoms with Crippen molar-refractivity contribution >= 4 is 0 Å². The van der Waals surface area contributed by atoms with Gasteiger partial charge in [0.15, 0.2) is 0 Å². The molecule has 1 aliphatic rings. The number of hydrogen-bond donors (Lipinski definition) is 1. The number of β-amino-alcohol motifs (C(OH)–C–C–N with tert-alkyl or cyclic N) is 1. The van der Waals surface area contributed by atoms with Gasteiger partial charge in [0.2, 0.25) is 0 Å². The van der Waals surface area contributed by atoms with Crippen LogP contribution in [0.2, 0.25) is 0 Å². The van der Waals surface area contributed by atoms with Gasteiger partial charge in [-0.1, -0.05) is 12.1 Å². The van der Waals surface area contributed by atoms with Gasteiger partial charge in [0.1, 0.15) is 0 Å². The molecule has 0 saturated carbocycles. The second-order valence-electron chi connectivity index (χ2n) is 6.28. The van der Waals surface area contributed by atoms with Crippen LogP contribution in [-0.2, 0) is 19.1 Å². The summed E-state index contributed by atoms with van der Waals surface area (Å²) in [4.78, 5) is 6.06. The number of hydrogen-bond acceptors (Lipinski definition) is 3. The fourth-order valence-corrected chi connectivity index (χ4v) is 3.15. The van der Waals surface area contributed by atoms with E-state index in [-0.39, 0.29) is 5.92 Å². The SMILES string of the molecule is O[C@H]1CN(Cc2ccc(C(F)(F)F)cc2)C[C@H]1Cc1ccncc1. The Hall–Kier alpha value is -1.92. The molecule has 0 unspecified atom stereocenters. The predicted octanol–water partition coefficient (Wildman–Crippen LogP) is 3.14. The van der Waals surface area contributed by atoms with Crippen LogP contribution < -0.4 is 0 Å². The molecule has 0 spiro atoms. The Bertz CT molecular complexity index is 658. The lowest BCUT2D eigenvalue weighted by atomic mass is 9.97. The third-order valence-corrected chi connectivity index (χ3v) is 4.42. The van der Waals surface area contributed by atoms with Gasteiger partial charge in [-0.15, -0.1) is 0 Å². The summed E-state index contributed by atoms with van der Waals surface area (Å²) >= 11 is 0. The largest absolute Gasteiger partial charge is 0.416 e. The summed E-state index contributed by atoms with van der Waals surface area (Å²) in [5.74, 6) is 0.127. The smallest absolute Gasteiger partial charge is 0.391 e. The van der Waals surface area contributed by atoms with Crippen LogP contribution in [0.15, 0.2) is 48.8 Å². The van der Waals surface area contributed by atoms with E-state index in [0.717, 1.165) is 36.2 Å². The first-order valence-corrected chi connectivity index (χ1v) is 7.87. The standard InChI is InChI=1S/C18H19F3N2O/c19-18(20,21)16-3-1-14(2-4-16)10-23-11-15(17(24)12-23)9-13-5-7-22-8-6-13/h1-8,15,17,24H,9-12H2/t15-,17+/m1/s1. The van der Waals surface area contributed by atoms with Gasteiger partial charge < -0.3 is 5.11 Å². The number of nitrogens with zero attached hydrogens (tertiary/aromatic N) is 2. The van der Waals surface area contributed by atoms with E-state index in [0.29, 0.717) is 13.1 Å². The lowest BCUT2D eigenvalue weighted by molar-refractivity contribution is -0.137. The quantitative estimate of drug-likeness (QED) is 0.932. The zero-order valence-electron chi connectivity index (χ0n) is 13.1. The Morgan fingerprint density at radius 2 is 1.67 bits per heavy atom. The molecule has 0 bridgehead atoms. The van der Waals surface area contributed by atoms with Crippen molar-refractivity contribution in [2.24, 2.45) is 5.92 Å². The molecular weight excluding hydrogens is 317 g/mol. The number of likely N-dealkylation sites (tertiary alicyclic amines) is 1. The van der Waals surface area contributed by atoms with Gasteiger partial charge >= 0.3 is 6.18 Å².